The van der Waals surface area contributed by atoms with E-state index in [1.807, 2.05) is 0 Å². The monoisotopic (exact) mass is 286 g/mol. The fraction of sp³-hybridized carbons (Fsp3) is 0.182. The van der Waals surface area contributed by atoms with Crippen LogP contribution in [-0.2, 0) is 0 Å². The lowest BCUT2D eigenvalue weighted by molar-refractivity contribution is 1.34. The SMILES string of the molecule is Cc1ccc(-c2cccc(-c3ccc(C)c(C)c3)c2)cc1C. The Hall–Kier alpha value is -2.34. The second kappa shape index (κ2) is 5.81. The Morgan fingerprint density at radius 2 is 0.818 bits per heavy atom. The van der Waals surface area contributed by atoms with Gasteiger partial charge in [-0.15, -0.1) is 0 Å². The van der Waals surface area contributed by atoms with E-state index in [1.54, 1.807) is 0 Å². The average Bonchev–Trinajstić information content (AvgIpc) is 2.53. The minimum absolute atomic E-state index is 1.28. The van der Waals surface area contributed by atoms with Gasteiger partial charge in [0.2, 0.25) is 0 Å². The molecule has 0 nitrogen and oxygen atoms in total. The first kappa shape index (κ1) is 14.6. The molecule has 0 bridgehead atoms. The van der Waals surface area contributed by atoms with Crippen LogP contribution in [0.5, 0.6) is 0 Å². The smallest absolute Gasteiger partial charge is 0.0178 e. The molecule has 3 aromatic carbocycles. The molecule has 0 aliphatic rings. The van der Waals surface area contributed by atoms with Crippen LogP contribution in [0.25, 0.3) is 22.3 Å². The minimum Gasteiger partial charge on any atom is -0.0610 e. The van der Waals surface area contributed by atoms with Gasteiger partial charge in [0, 0.05) is 0 Å². The summed E-state index contributed by atoms with van der Waals surface area (Å²) in [6.45, 7) is 8.66. The highest BCUT2D eigenvalue weighted by atomic mass is 14.1. The number of hydrogen-bond acceptors (Lipinski definition) is 0. The zero-order chi connectivity index (χ0) is 15.7. The molecule has 0 heterocycles. The maximum atomic E-state index is 2.29. The van der Waals surface area contributed by atoms with Crippen LogP contribution in [0.15, 0.2) is 60.7 Å². The van der Waals surface area contributed by atoms with Gasteiger partial charge in [0.25, 0.3) is 0 Å². The van der Waals surface area contributed by atoms with Crippen molar-refractivity contribution >= 4 is 0 Å². The molecule has 0 aliphatic heterocycles. The van der Waals surface area contributed by atoms with Gasteiger partial charge in [-0.2, -0.15) is 0 Å². The van der Waals surface area contributed by atoms with Gasteiger partial charge in [0.1, 0.15) is 0 Å². The van der Waals surface area contributed by atoms with Crippen LogP contribution in [-0.4, -0.2) is 0 Å². The van der Waals surface area contributed by atoms with Crippen LogP contribution in [0.1, 0.15) is 22.3 Å². The van der Waals surface area contributed by atoms with Gasteiger partial charge < -0.3 is 0 Å². The second-order valence-corrected chi connectivity index (χ2v) is 6.18. The molecule has 0 fully saturated rings. The van der Waals surface area contributed by atoms with E-state index in [4.69, 9.17) is 0 Å². The first-order valence-corrected chi connectivity index (χ1v) is 7.80. The molecule has 0 heteroatoms. The van der Waals surface area contributed by atoms with Crippen LogP contribution in [0.3, 0.4) is 0 Å². The zero-order valence-electron chi connectivity index (χ0n) is 13.8. The molecule has 110 valence electrons. The number of rotatable bonds is 2. The van der Waals surface area contributed by atoms with Crippen molar-refractivity contribution in [3.63, 3.8) is 0 Å². The summed E-state index contributed by atoms with van der Waals surface area (Å²) in [6, 6.07) is 22.2. The summed E-state index contributed by atoms with van der Waals surface area (Å²) >= 11 is 0. The van der Waals surface area contributed by atoms with Gasteiger partial charge in [-0.05, 0) is 78.3 Å². The molecule has 0 spiro atoms. The van der Waals surface area contributed by atoms with Gasteiger partial charge in [-0.3, -0.25) is 0 Å². The van der Waals surface area contributed by atoms with E-state index in [9.17, 15) is 0 Å². The van der Waals surface area contributed by atoms with E-state index in [1.165, 1.54) is 44.5 Å². The topological polar surface area (TPSA) is 0 Å². The largest absolute Gasteiger partial charge is 0.0610 e. The zero-order valence-corrected chi connectivity index (χ0v) is 13.8. The fourth-order valence-corrected chi connectivity index (χ4v) is 2.72. The van der Waals surface area contributed by atoms with Crippen molar-refractivity contribution in [3.05, 3.63) is 82.9 Å². The van der Waals surface area contributed by atoms with E-state index < -0.39 is 0 Å². The highest BCUT2D eigenvalue weighted by Gasteiger charge is 2.04. The quantitative estimate of drug-likeness (QED) is 0.522. The summed E-state index contributed by atoms with van der Waals surface area (Å²) in [5.41, 5.74) is 10.5. The van der Waals surface area contributed by atoms with Crippen molar-refractivity contribution in [3.8, 4) is 22.3 Å². The van der Waals surface area contributed by atoms with E-state index in [2.05, 4.69) is 88.4 Å². The first-order valence-electron chi connectivity index (χ1n) is 7.80. The third-order valence-corrected chi connectivity index (χ3v) is 4.54. The molecule has 0 amide bonds. The van der Waals surface area contributed by atoms with Crippen LogP contribution >= 0.6 is 0 Å². The van der Waals surface area contributed by atoms with Crippen molar-refractivity contribution in [2.75, 3.05) is 0 Å². The van der Waals surface area contributed by atoms with E-state index >= 15 is 0 Å². The van der Waals surface area contributed by atoms with Crippen LogP contribution in [0.4, 0.5) is 0 Å². The van der Waals surface area contributed by atoms with Gasteiger partial charge in [0.15, 0.2) is 0 Å². The molecular formula is C22H22. The van der Waals surface area contributed by atoms with Crippen molar-refractivity contribution in [2.24, 2.45) is 0 Å². The van der Waals surface area contributed by atoms with Crippen molar-refractivity contribution in [2.45, 2.75) is 27.7 Å². The molecule has 22 heavy (non-hydrogen) atoms. The van der Waals surface area contributed by atoms with Crippen molar-refractivity contribution in [1.29, 1.82) is 0 Å². The molecule has 3 aromatic rings. The molecule has 0 radical (unpaired) electrons. The van der Waals surface area contributed by atoms with Crippen LogP contribution in [0, 0.1) is 27.7 Å². The summed E-state index contributed by atoms with van der Waals surface area (Å²) in [4.78, 5) is 0. The Labute approximate surface area is 133 Å². The standard InChI is InChI=1S/C22H22/c1-15-8-10-21(12-17(15)3)19-6-5-7-20(14-19)22-11-9-16(2)18(4)13-22/h5-14H,1-4H3. The lowest BCUT2D eigenvalue weighted by atomic mass is 9.95. The van der Waals surface area contributed by atoms with Crippen LogP contribution < -0.4 is 0 Å². The summed E-state index contributed by atoms with van der Waals surface area (Å²) in [6.07, 6.45) is 0. The highest BCUT2D eigenvalue weighted by Crippen LogP contribution is 2.28. The molecule has 0 unspecified atom stereocenters. The van der Waals surface area contributed by atoms with E-state index in [0.717, 1.165) is 0 Å². The predicted octanol–water partition coefficient (Wildman–Crippen LogP) is 6.25. The second-order valence-electron chi connectivity index (χ2n) is 6.18. The molecule has 0 atom stereocenters. The first-order chi connectivity index (χ1) is 10.5. The third kappa shape index (κ3) is 2.82. The van der Waals surface area contributed by atoms with Crippen molar-refractivity contribution < 1.29 is 0 Å². The lowest BCUT2D eigenvalue weighted by Crippen LogP contribution is -1.86. The van der Waals surface area contributed by atoms with Gasteiger partial charge >= 0.3 is 0 Å². The Bertz CT molecular complexity index is 758. The average molecular weight is 286 g/mol. The Kier molecular flexibility index (Phi) is 3.85. The fourth-order valence-electron chi connectivity index (χ4n) is 2.72. The summed E-state index contributed by atoms with van der Waals surface area (Å²) in [7, 11) is 0. The highest BCUT2D eigenvalue weighted by molar-refractivity contribution is 5.74. The molecule has 0 aliphatic carbocycles. The molecular weight excluding hydrogens is 264 g/mol. The molecule has 0 saturated carbocycles. The maximum absolute atomic E-state index is 2.29. The summed E-state index contributed by atoms with van der Waals surface area (Å²) < 4.78 is 0. The van der Waals surface area contributed by atoms with Crippen molar-refractivity contribution in [1.82, 2.24) is 0 Å². The Morgan fingerprint density at radius 1 is 0.409 bits per heavy atom. The molecule has 3 rings (SSSR count). The Morgan fingerprint density at radius 3 is 1.23 bits per heavy atom. The number of aryl methyl sites for hydroxylation is 4. The molecule has 0 aromatic heterocycles. The normalized spacial score (nSPS) is 10.7. The molecule has 0 N–H and O–H groups in total. The summed E-state index contributed by atoms with van der Waals surface area (Å²) in [5.74, 6) is 0. The predicted molar refractivity (Wildman–Crippen MR) is 96.3 cm³/mol. The lowest BCUT2D eigenvalue weighted by Gasteiger charge is -2.09. The van der Waals surface area contributed by atoms with Gasteiger partial charge in [-0.25, -0.2) is 0 Å². The van der Waals surface area contributed by atoms with E-state index in [0.29, 0.717) is 0 Å². The Balaban J connectivity index is 2.05. The maximum Gasteiger partial charge on any atom is -0.0178 e. The number of benzene rings is 3. The minimum atomic E-state index is 1.28. The number of hydrogen-bond donors (Lipinski definition) is 0. The van der Waals surface area contributed by atoms with Crippen LogP contribution in [0.2, 0.25) is 0 Å². The summed E-state index contributed by atoms with van der Waals surface area (Å²) in [5, 5.41) is 0. The van der Waals surface area contributed by atoms with E-state index in [-0.39, 0.29) is 0 Å². The third-order valence-electron chi connectivity index (χ3n) is 4.54. The van der Waals surface area contributed by atoms with Gasteiger partial charge in [0.05, 0.1) is 0 Å². The molecule has 0 saturated heterocycles. The van der Waals surface area contributed by atoms with Gasteiger partial charge in [-0.1, -0.05) is 54.6 Å².